The summed E-state index contributed by atoms with van der Waals surface area (Å²) in [4.78, 5) is 84.8. The largest absolute Gasteiger partial charge is 0.368 e. The van der Waals surface area contributed by atoms with Crippen LogP contribution in [0.25, 0.3) is 0 Å². The van der Waals surface area contributed by atoms with E-state index in [0.29, 0.717) is 37.8 Å². The van der Waals surface area contributed by atoms with Gasteiger partial charge in [-0.2, -0.15) is 0 Å². The second-order valence-corrected chi connectivity index (χ2v) is 28.5. The number of ether oxygens (including phenoxy) is 1. The van der Waals surface area contributed by atoms with Crippen LogP contribution in [0.3, 0.4) is 0 Å². The van der Waals surface area contributed by atoms with Crippen molar-refractivity contribution in [3.8, 4) is 0 Å². The molecule has 21 heteroatoms. The van der Waals surface area contributed by atoms with Crippen molar-refractivity contribution in [2.45, 2.75) is 144 Å². The number of piperidine rings is 6. The number of carbonyl (C=O) groups excluding carboxylic acids is 4. The Morgan fingerprint density at radius 3 is 1.51 bits per heavy atom. The zero-order chi connectivity index (χ0) is 63.0. The fourth-order valence-electron chi connectivity index (χ4n) is 17.3. The Labute approximate surface area is 539 Å². The number of para-hydroxylation sites is 1. The third kappa shape index (κ3) is 12.8. The first kappa shape index (κ1) is 63.1. The van der Waals surface area contributed by atoms with E-state index in [1.165, 1.54) is 30.5 Å². The van der Waals surface area contributed by atoms with Crippen LogP contribution in [0, 0.1) is 11.6 Å². The Morgan fingerprint density at radius 2 is 1.03 bits per heavy atom. The van der Waals surface area contributed by atoms with Gasteiger partial charge in [-0.1, -0.05) is 18.2 Å². The molecule has 7 saturated heterocycles. The van der Waals surface area contributed by atoms with Crippen LogP contribution in [-0.4, -0.2) is 206 Å². The minimum Gasteiger partial charge on any atom is -0.368 e. The summed E-state index contributed by atoms with van der Waals surface area (Å²) in [6.07, 6.45) is 21.6. The highest BCUT2D eigenvalue weighted by atomic mass is 32.1. The molecule has 2 aromatic heterocycles. The minimum atomic E-state index is -0.238. The number of benzene rings is 3. The molecular weight excluding hydrogens is 1170 g/mol. The molecule has 0 bridgehead atoms. The van der Waals surface area contributed by atoms with Crippen molar-refractivity contribution in [2.24, 2.45) is 0 Å². The van der Waals surface area contributed by atoms with E-state index in [1.54, 1.807) is 80.8 Å². The van der Waals surface area contributed by atoms with Crippen molar-refractivity contribution in [1.82, 2.24) is 39.5 Å². The number of aromatic nitrogens is 3. The monoisotopic (exact) mass is 1260 g/mol. The highest BCUT2D eigenvalue weighted by Gasteiger charge is 2.50. The van der Waals surface area contributed by atoms with Gasteiger partial charge in [-0.15, -0.1) is 11.3 Å². The molecule has 0 N–H and O–H groups in total. The SMILES string of the molecule is CC(=O)N1CC2(CCN(C3CCN(c4cnccn4)CC3)CC2)c2ccccc21.CC(=O)N1CC2(CCN(C3CCN(c4nccs4)CC3)CC2)c2cc(F)ccc21.CN(C)C(=O)N1CC2(CCN(C3CCN(C(=O)[C@@H]4CCCO4)CC3)CC2)c2cc(F)ccc21. The summed E-state index contributed by atoms with van der Waals surface area (Å²) >= 11 is 1.71. The van der Waals surface area contributed by atoms with Crippen LogP contribution in [0.4, 0.5) is 41.6 Å². The predicted octanol–water partition coefficient (Wildman–Crippen LogP) is 9.33. The van der Waals surface area contributed by atoms with E-state index in [0.717, 1.165) is 201 Å². The molecule has 1 atom stereocenters. The Morgan fingerprint density at radius 1 is 0.549 bits per heavy atom. The Kier molecular flexibility index (Phi) is 18.6. The molecule has 12 heterocycles. The maximum Gasteiger partial charge on any atom is 0.323 e. The van der Waals surface area contributed by atoms with Crippen LogP contribution in [0.1, 0.15) is 120 Å². The molecule has 0 aliphatic carbocycles. The smallest absolute Gasteiger partial charge is 0.323 e. The van der Waals surface area contributed by atoms with Gasteiger partial charge in [0, 0.05) is 169 Å². The lowest BCUT2D eigenvalue weighted by molar-refractivity contribution is -0.142. The normalized spacial score (nSPS) is 23.4. The summed E-state index contributed by atoms with van der Waals surface area (Å²) in [7, 11) is 3.52. The summed E-state index contributed by atoms with van der Waals surface area (Å²) in [5.74, 6) is 0.928. The fourth-order valence-corrected chi connectivity index (χ4v) is 18.0. The van der Waals surface area contributed by atoms with Crippen molar-refractivity contribution in [1.29, 1.82) is 0 Å². The van der Waals surface area contributed by atoms with Crippen LogP contribution in [0.5, 0.6) is 0 Å². The van der Waals surface area contributed by atoms with Crippen LogP contribution in [0.15, 0.2) is 90.8 Å². The molecule has 10 aliphatic rings. The molecule has 486 valence electrons. The number of thiazole rings is 1. The Balaban J connectivity index is 0.000000125. The molecule has 7 fully saturated rings. The molecule has 0 radical (unpaired) electrons. The number of amides is 5. The minimum absolute atomic E-state index is 0.0479. The van der Waals surface area contributed by atoms with Crippen molar-refractivity contribution >= 4 is 63.1 Å². The molecule has 10 aliphatic heterocycles. The molecule has 3 spiro atoms. The van der Waals surface area contributed by atoms with E-state index in [1.807, 2.05) is 43.4 Å². The number of hydrogen-bond donors (Lipinski definition) is 0. The van der Waals surface area contributed by atoms with Crippen molar-refractivity contribution in [2.75, 3.05) is 143 Å². The third-order valence-electron chi connectivity index (χ3n) is 22.5. The van der Waals surface area contributed by atoms with Crippen molar-refractivity contribution in [3.63, 3.8) is 0 Å². The molecular formula is C70H91F2N13O5S. The second kappa shape index (κ2) is 26.8. The summed E-state index contributed by atoms with van der Waals surface area (Å²) in [6, 6.07) is 20.0. The molecule has 3 aromatic carbocycles. The van der Waals surface area contributed by atoms with Crippen molar-refractivity contribution in [3.05, 3.63) is 119 Å². The van der Waals surface area contributed by atoms with Gasteiger partial charge >= 0.3 is 6.03 Å². The number of fused-ring (bicyclic) bond motifs is 6. The van der Waals surface area contributed by atoms with Gasteiger partial charge in [0.05, 0.1) is 6.20 Å². The number of halogens is 2. The Hall–Kier alpha value is -6.65. The van der Waals surface area contributed by atoms with E-state index in [2.05, 4.69) is 57.7 Å². The van der Waals surface area contributed by atoms with Crippen LogP contribution < -0.4 is 24.5 Å². The molecule has 18 nitrogen and oxygen atoms in total. The molecule has 5 aromatic rings. The maximum atomic E-state index is 14.2. The van der Waals surface area contributed by atoms with Crippen LogP contribution in [-0.2, 0) is 35.4 Å². The molecule has 0 saturated carbocycles. The van der Waals surface area contributed by atoms with Gasteiger partial charge in [-0.25, -0.2) is 23.5 Å². The number of urea groups is 1. The lowest BCUT2D eigenvalue weighted by Crippen LogP contribution is -2.53. The number of likely N-dealkylation sites (tertiary alicyclic amines) is 4. The van der Waals surface area contributed by atoms with E-state index >= 15 is 0 Å². The van der Waals surface area contributed by atoms with E-state index in [4.69, 9.17) is 4.74 Å². The van der Waals surface area contributed by atoms with E-state index < -0.39 is 0 Å². The molecule has 91 heavy (non-hydrogen) atoms. The van der Waals surface area contributed by atoms with Gasteiger partial charge in [-0.05, 0) is 188 Å². The summed E-state index contributed by atoms with van der Waals surface area (Å²) in [5.41, 5.74) is 6.14. The van der Waals surface area contributed by atoms with Gasteiger partial charge in [0.25, 0.3) is 5.91 Å². The first-order valence-electron chi connectivity index (χ1n) is 33.6. The topological polar surface area (TPSA) is 149 Å². The summed E-state index contributed by atoms with van der Waals surface area (Å²) < 4.78 is 33.8. The molecule has 15 rings (SSSR count). The number of carbonyl (C=O) groups is 4. The molecule has 0 unspecified atom stereocenters. The number of hydrogen-bond acceptors (Lipinski definition) is 14. The van der Waals surface area contributed by atoms with Crippen LogP contribution in [0.2, 0.25) is 0 Å². The highest BCUT2D eigenvalue weighted by Crippen LogP contribution is 2.51. The third-order valence-corrected chi connectivity index (χ3v) is 23.3. The summed E-state index contributed by atoms with van der Waals surface area (Å²) in [5, 5.41) is 3.17. The quantitative estimate of drug-likeness (QED) is 0.159. The maximum absolute atomic E-state index is 14.2. The standard InChI is InChI=1S/C25H35FN4O3.C23H29N5O.C22H27FN4OS/c1-27(2)24(32)30-17-25(20-16-18(26)5-6-21(20)30)9-13-28(14-10-25)19-7-11-29(12-8-19)23(31)22-4-3-15-33-22;1-18(29)28-17-23(20-4-2-3-5-21(20)28)8-14-26(15-9-23)19-6-12-27(13-7-19)22-16-24-10-11-25-22;1-16(28)27-15-22(19-14-17(23)2-3-20(19)27)6-11-25(12-7-22)18-4-9-26(10-5-18)21-24-8-13-29-21/h5-6,16,19,22H,3-4,7-15,17H2,1-2H3;2-5,10-11,16,19H,6-9,12-15,17H2,1H3;2-3,8,13-14,18H,4-7,9-12,15H2,1H3/t22-;;/m0../s1. The first-order valence-corrected chi connectivity index (χ1v) is 34.5. The Bertz CT molecular complexity index is 3360. The van der Waals surface area contributed by atoms with Crippen LogP contribution >= 0.6 is 11.3 Å². The zero-order valence-electron chi connectivity index (χ0n) is 53.7. The molecule has 5 amide bonds. The fraction of sp³-hybridized carbons (Fsp3) is 0.586. The number of nitrogens with zero attached hydrogens (tertiary/aromatic N) is 13. The summed E-state index contributed by atoms with van der Waals surface area (Å²) in [6.45, 7) is 18.1. The van der Waals surface area contributed by atoms with E-state index in [-0.39, 0.29) is 57.7 Å². The average molecular weight is 1260 g/mol. The van der Waals surface area contributed by atoms with E-state index in [9.17, 15) is 28.0 Å². The lowest BCUT2D eigenvalue weighted by atomic mass is 9.74. The van der Waals surface area contributed by atoms with Gasteiger partial charge in [0.1, 0.15) is 23.6 Å². The number of rotatable bonds is 6. The lowest BCUT2D eigenvalue weighted by Gasteiger charge is -2.45. The van der Waals surface area contributed by atoms with Gasteiger partial charge in [0.15, 0.2) is 5.13 Å². The van der Waals surface area contributed by atoms with Gasteiger partial charge in [-0.3, -0.25) is 24.3 Å². The van der Waals surface area contributed by atoms with Crippen molar-refractivity contribution < 1.29 is 32.7 Å². The average Bonchev–Trinajstić information content (AvgIpc) is 1.63. The predicted molar refractivity (Wildman–Crippen MR) is 352 cm³/mol. The number of anilines is 5. The first-order chi connectivity index (χ1) is 44.1. The second-order valence-electron chi connectivity index (χ2n) is 27.6. The van der Waals surface area contributed by atoms with Gasteiger partial charge in [0.2, 0.25) is 11.8 Å². The zero-order valence-corrected chi connectivity index (χ0v) is 54.5. The van der Waals surface area contributed by atoms with Gasteiger partial charge < -0.3 is 48.8 Å². The highest BCUT2D eigenvalue weighted by molar-refractivity contribution is 7.13.